The van der Waals surface area contributed by atoms with E-state index in [1.165, 1.54) is 17.0 Å². The van der Waals surface area contributed by atoms with Gasteiger partial charge >= 0.3 is 12.2 Å². The Morgan fingerprint density at radius 3 is 2.54 bits per heavy atom. The van der Waals surface area contributed by atoms with Crippen LogP contribution in [0, 0.1) is 0 Å². The van der Waals surface area contributed by atoms with Crippen molar-refractivity contribution in [2.24, 2.45) is 0 Å². The van der Waals surface area contributed by atoms with Crippen molar-refractivity contribution in [2.45, 2.75) is 51.2 Å². The van der Waals surface area contributed by atoms with E-state index in [1.807, 2.05) is 25.1 Å². The molecule has 1 unspecified atom stereocenters. The van der Waals surface area contributed by atoms with Gasteiger partial charge in [0.25, 0.3) is 5.91 Å². The van der Waals surface area contributed by atoms with Gasteiger partial charge in [-0.2, -0.15) is 13.2 Å². The number of nitrogens with zero attached hydrogens (tertiary/aromatic N) is 2. The highest BCUT2D eigenvalue weighted by molar-refractivity contribution is 6.07. The van der Waals surface area contributed by atoms with Crippen LogP contribution in [0.3, 0.4) is 0 Å². The topological polar surface area (TPSA) is 84.7 Å². The molecule has 1 aromatic heterocycles. The molecule has 1 saturated heterocycles. The lowest BCUT2D eigenvalue weighted by Crippen LogP contribution is -2.40. The van der Waals surface area contributed by atoms with Crippen molar-refractivity contribution in [1.82, 2.24) is 15.4 Å². The van der Waals surface area contributed by atoms with Crippen molar-refractivity contribution in [3.8, 4) is 5.75 Å². The van der Waals surface area contributed by atoms with Crippen molar-refractivity contribution in [1.29, 1.82) is 0 Å². The molecule has 2 heterocycles. The molecule has 1 atom stereocenters. The highest BCUT2D eigenvalue weighted by atomic mass is 19.4. The summed E-state index contributed by atoms with van der Waals surface area (Å²) in [6, 6.07) is 11.4. The molecule has 3 amide bonds. The molecule has 0 radical (unpaired) electrons. The van der Waals surface area contributed by atoms with Gasteiger partial charge in [-0.05, 0) is 43.9 Å². The molecule has 186 valence electrons. The van der Waals surface area contributed by atoms with Crippen LogP contribution in [0.4, 0.5) is 18.0 Å². The number of rotatable bonds is 9. The second kappa shape index (κ2) is 9.59. The summed E-state index contributed by atoms with van der Waals surface area (Å²) in [6.45, 7) is 4.09. The lowest BCUT2D eigenvalue weighted by molar-refractivity contribution is -0.141. The first-order valence-electron chi connectivity index (χ1n) is 11.5. The van der Waals surface area contributed by atoms with Crippen molar-refractivity contribution < 1.29 is 32.0 Å². The van der Waals surface area contributed by atoms with E-state index >= 15 is 0 Å². The zero-order valence-corrected chi connectivity index (χ0v) is 19.4. The van der Waals surface area contributed by atoms with E-state index in [1.54, 1.807) is 19.1 Å². The summed E-state index contributed by atoms with van der Waals surface area (Å²) >= 11 is 0. The number of benzene rings is 2. The van der Waals surface area contributed by atoms with Crippen LogP contribution in [-0.4, -0.2) is 35.1 Å². The molecule has 3 aromatic rings. The SMILES string of the molecule is CCCc1c(OCCCCN2C(=O)NC(C)(c3ccccc3)C2=O)ccc2c(C(F)(F)F)noc12. The number of unbranched alkanes of at least 4 members (excludes halogenated alkanes) is 1. The average molecular weight is 489 g/mol. The minimum atomic E-state index is -4.60. The van der Waals surface area contributed by atoms with Crippen LogP contribution in [0.1, 0.15) is 49.9 Å². The second-order valence-corrected chi connectivity index (χ2v) is 8.63. The maximum atomic E-state index is 13.2. The van der Waals surface area contributed by atoms with E-state index in [9.17, 15) is 22.8 Å². The zero-order chi connectivity index (χ0) is 25.2. The third-order valence-electron chi connectivity index (χ3n) is 6.13. The molecule has 1 N–H and O–H groups in total. The Kier molecular flexibility index (Phi) is 6.73. The maximum absolute atomic E-state index is 13.2. The van der Waals surface area contributed by atoms with Gasteiger partial charge in [0.2, 0.25) is 0 Å². The van der Waals surface area contributed by atoms with Crippen LogP contribution in [-0.2, 0) is 22.9 Å². The number of hydrogen-bond donors (Lipinski definition) is 1. The lowest BCUT2D eigenvalue weighted by atomic mass is 9.92. The van der Waals surface area contributed by atoms with Crippen LogP contribution in [0.5, 0.6) is 5.75 Å². The largest absolute Gasteiger partial charge is 0.493 e. The molecule has 35 heavy (non-hydrogen) atoms. The number of hydrogen-bond acceptors (Lipinski definition) is 5. The number of urea groups is 1. The number of aryl methyl sites for hydroxylation is 1. The molecule has 1 aliphatic rings. The summed E-state index contributed by atoms with van der Waals surface area (Å²) in [5, 5.41) is 5.91. The minimum Gasteiger partial charge on any atom is -0.493 e. The standard InChI is InChI=1S/C25H26F3N3O4/c1-3-9-17-19(13-12-18-20(17)35-30-21(18)25(26,27)28)34-15-8-7-14-31-22(32)24(2,29-23(31)33)16-10-5-4-6-11-16/h4-6,10-13H,3,7-9,14-15H2,1-2H3,(H,29,33). The van der Waals surface area contributed by atoms with Crippen LogP contribution < -0.4 is 10.1 Å². The minimum absolute atomic E-state index is 0.0798. The summed E-state index contributed by atoms with van der Waals surface area (Å²) in [4.78, 5) is 26.6. The first-order valence-corrected chi connectivity index (χ1v) is 11.5. The van der Waals surface area contributed by atoms with Gasteiger partial charge < -0.3 is 14.6 Å². The smallest absolute Gasteiger partial charge is 0.437 e. The third-order valence-corrected chi connectivity index (χ3v) is 6.13. The Morgan fingerprint density at radius 1 is 1.11 bits per heavy atom. The van der Waals surface area contributed by atoms with Gasteiger partial charge in [0.1, 0.15) is 11.3 Å². The molecule has 0 aliphatic carbocycles. The summed E-state index contributed by atoms with van der Waals surface area (Å²) < 4.78 is 50.4. The van der Waals surface area contributed by atoms with E-state index in [0.29, 0.717) is 42.6 Å². The van der Waals surface area contributed by atoms with Gasteiger partial charge in [-0.25, -0.2) is 4.79 Å². The molecule has 0 bridgehead atoms. The zero-order valence-electron chi connectivity index (χ0n) is 19.4. The van der Waals surface area contributed by atoms with E-state index in [-0.39, 0.29) is 30.0 Å². The Balaban J connectivity index is 1.37. The van der Waals surface area contributed by atoms with Gasteiger partial charge in [-0.3, -0.25) is 9.69 Å². The summed E-state index contributed by atoms with van der Waals surface area (Å²) in [5.74, 6) is 0.131. The Hall–Kier alpha value is -3.56. The van der Waals surface area contributed by atoms with Crippen molar-refractivity contribution in [3.05, 3.63) is 59.3 Å². The fourth-order valence-corrected chi connectivity index (χ4v) is 4.29. The van der Waals surface area contributed by atoms with Crippen LogP contribution in [0.2, 0.25) is 0 Å². The lowest BCUT2D eigenvalue weighted by Gasteiger charge is -2.22. The van der Waals surface area contributed by atoms with Crippen molar-refractivity contribution >= 4 is 22.9 Å². The molecular formula is C25H26F3N3O4. The Labute approximate surface area is 200 Å². The van der Waals surface area contributed by atoms with Crippen molar-refractivity contribution in [3.63, 3.8) is 0 Å². The molecular weight excluding hydrogens is 463 g/mol. The number of ether oxygens (including phenoxy) is 1. The number of amides is 3. The van der Waals surface area contributed by atoms with Gasteiger partial charge in [0.15, 0.2) is 11.3 Å². The summed E-state index contributed by atoms with van der Waals surface area (Å²) in [6.07, 6.45) is -2.40. The Bertz CT molecular complexity index is 1230. The molecule has 4 rings (SSSR count). The third kappa shape index (κ3) is 4.69. The fraction of sp³-hybridized carbons (Fsp3) is 0.400. The number of aromatic nitrogens is 1. The quantitative estimate of drug-likeness (QED) is 0.320. The van der Waals surface area contributed by atoms with Crippen LogP contribution in [0.15, 0.2) is 47.0 Å². The van der Waals surface area contributed by atoms with Gasteiger partial charge in [-0.1, -0.05) is 48.8 Å². The van der Waals surface area contributed by atoms with Crippen molar-refractivity contribution in [2.75, 3.05) is 13.2 Å². The molecule has 0 spiro atoms. The second-order valence-electron chi connectivity index (χ2n) is 8.63. The Morgan fingerprint density at radius 2 is 1.86 bits per heavy atom. The number of imide groups is 1. The highest BCUT2D eigenvalue weighted by Crippen LogP contribution is 2.38. The van der Waals surface area contributed by atoms with E-state index in [4.69, 9.17) is 9.26 Å². The molecule has 2 aromatic carbocycles. The van der Waals surface area contributed by atoms with Crippen LogP contribution in [0.25, 0.3) is 11.0 Å². The van der Waals surface area contributed by atoms with Gasteiger partial charge in [0, 0.05) is 12.1 Å². The van der Waals surface area contributed by atoms with Crippen LogP contribution >= 0.6 is 0 Å². The number of nitrogens with one attached hydrogen (secondary N) is 1. The molecule has 10 heteroatoms. The fourth-order valence-electron chi connectivity index (χ4n) is 4.29. The first kappa shape index (κ1) is 24.6. The average Bonchev–Trinajstić information content (AvgIpc) is 3.36. The van der Waals surface area contributed by atoms with E-state index < -0.39 is 23.4 Å². The van der Waals surface area contributed by atoms with Gasteiger partial charge in [-0.15, -0.1) is 0 Å². The highest BCUT2D eigenvalue weighted by Gasteiger charge is 2.48. The summed E-state index contributed by atoms with van der Waals surface area (Å²) in [7, 11) is 0. The van der Waals surface area contributed by atoms with E-state index in [2.05, 4.69) is 10.5 Å². The number of fused-ring (bicyclic) bond motifs is 1. The molecule has 0 saturated carbocycles. The maximum Gasteiger partial charge on any atom is 0.437 e. The normalized spacial score (nSPS) is 18.4. The predicted octanol–water partition coefficient (Wildman–Crippen LogP) is 5.43. The van der Waals surface area contributed by atoms with Gasteiger partial charge in [0.05, 0.1) is 12.0 Å². The molecule has 7 nitrogen and oxygen atoms in total. The summed E-state index contributed by atoms with van der Waals surface area (Å²) in [5.41, 5.74) is -0.820. The molecule has 1 aliphatic heterocycles. The molecule has 1 fully saturated rings. The number of carbonyl (C=O) groups is 2. The number of carbonyl (C=O) groups excluding carboxylic acids is 2. The monoisotopic (exact) mass is 489 g/mol. The predicted molar refractivity (Wildman–Crippen MR) is 122 cm³/mol. The first-order chi connectivity index (χ1) is 16.7. The van der Waals surface area contributed by atoms with E-state index in [0.717, 1.165) is 0 Å². The number of alkyl halides is 3. The number of halogens is 3.